The van der Waals surface area contributed by atoms with Crippen LogP contribution in [-0.2, 0) is 40.3 Å². The van der Waals surface area contributed by atoms with E-state index in [1.807, 2.05) is 93.7 Å². The number of aliphatic hydroxyl groups is 1. The lowest BCUT2D eigenvalue weighted by Crippen LogP contribution is -2.54. The van der Waals surface area contributed by atoms with Gasteiger partial charge >= 0.3 is 12.2 Å². The van der Waals surface area contributed by atoms with Crippen molar-refractivity contribution in [3.63, 3.8) is 0 Å². The van der Waals surface area contributed by atoms with E-state index in [-0.39, 0.29) is 31.5 Å². The van der Waals surface area contributed by atoms with Gasteiger partial charge in [-0.3, -0.25) is 4.79 Å². The number of oxazole rings is 1. The number of nitrogens with one attached hydrogen (secondary N) is 3. The largest absolute Gasteiger partial charge is 0.445 e. The van der Waals surface area contributed by atoms with E-state index >= 15 is 0 Å². The molecule has 4 rings (SSSR count). The summed E-state index contributed by atoms with van der Waals surface area (Å²) in [6.07, 6.45) is 0.938. The Labute approximate surface area is 290 Å². The number of aliphatic hydroxyl groups excluding tert-OH is 1. The fraction of sp³-hybridized carbons (Fsp3) is 0.417. The zero-order valence-corrected chi connectivity index (χ0v) is 29.0. The maximum atomic E-state index is 13.7. The van der Waals surface area contributed by atoms with Crippen molar-refractivity contribution in [1.82, 2.24) is 25.9 Å². The summed E-state index contributed by atoms with van der Waals surface area (Å²) in [5, 5.41) is 22.9. The fourth-order valence-electron chi connectivity index (χ4n) is 5.13. The Hall–Kier alpha value is -4.75. The number of aromatic nitrogens is 2. The summed E-state index contributed by atoms with van der Waals surface area (Å²) in [4.78, 5) is 47.6. The van der Waals surface area contributed by atoms with Crippen molar-refractivity contribution in [3.05, 3.63) is 106 Å². The number of benzene rings is 2. The van der Waals surface area contributed by atoms with E-state index in [2.05, 4.69) is 25.9 Å². The number of rotatable bonds is 17. The second-order valence-electron chi connectivity index (χ2n) is 12.5. The van der Waals surface area contributed by atoms with Crippen LogP contribution in [0.15, 0.2) is 83.1 Å². The summed E-state index contributed by atoms with van der Waals surface area (Å²) in [6.45, 7) is 7.60. The van der Waals surface area contributed by atoms with Crippen LogP contribution in [0.2, 0.25) is 0 Å². The third kappa shape index (κ3) is 12.3. The Morgan fingerprint density at radius 2 is 1.49 bits per heavy atom. The number of carbonyl (C=O) groups excluding carboxylic acids is 3. The molecule has 0 spiro atoms. The van der Waals surface area contributed by atoms with Crippen LogP contribution in [-0.4, -0.2) is 57.4 Å². The normalized spacial score (nSPS) is 13.7. The second-order valence-corrected chi connectivity index (χ2v) is 13.3. The number of carbonyl (C=O) groups is 3. The van der Waals surface area contributed by atoms with Crippen molar-refractivity contribution in [1.29, 1.82) is 0 Å². The number of alkyl carbamates (subject to hydrolysis) is 2. The van der Waals surface area contributed by atoms with Gasteiger partial charge in [0.15, 0.2) is 18.8 Å². The minimum atomic E-state index is -1.09. The number of thiazole rings is 1. The van der Waals surface area contributed by atoms with Gasteiger partial charge in [-0.1, -0.05) is 88.4 Å². The molecule has 0 aliphatic carbocycles. The predicted molar refractivity (Wildman–Crippen MR) is 185 cm³/mol. The monoisotopic (exact) mass is 691 g/mol. The Morgan fingerprint density at radius 3 is 2.08 bits per heavy atom. The number of hydrogen-bond donors (Lipinski definition) is 4. The van der Waals surface area contributed by atoms with E-state index in [1.165, 1.54) is 23.9 Å². The van der Waals surface area contributed by atoms with Crippen molar-refractivity contribution < 1.29 is 33.4 Å². The fourth-order valence-corrected chi connectivity index (χ4v) is 5.95. The third-order valence-corrected chi connectivity index (χ3v) is 8.92. The van der Waals surface area contributed by atoms with Crippen molar-refractivity contribution in [2.75, 3.05) is 0 Å². The molecule has 0 aliphatic heterocycles. The SMILES string of the molecule is CC(C)c1nc(COC(=O)N[C@H](C(=O)N[C@@H](Cc2ccccc2)C[C@H](O)[C@H](Cc2ccccc2)NC(=O)OCc2cnco2)C(C)C)cs1. The summed E-state index contributed by atoms with van der Waals surface area (Å²) in [5.41, 5.74) is 2.48. The number of hydrogen-bond acceptors (Lipinski definition) is 10. The molecule has 13 heteroatoms. The van der Waals surface area contributed by atoms with Crippen LogP contribution in [0.3, 0.4) is 0 Å². The van der Waals surface area contributed by atoms with Crippen LogP contribution < -0.4 is 16.0 Å². The number of ether oxygens (including phenoxy) is 2. The smallest absolute Gasteiger partial charge is 0.408 e. The minimum Gasteiger partial charge on any atom is -0.445 e. The molecule has 4 aromatic rings. The van der Waals surface area contributed by atoms with E-state index in [1.54, 1.807) is 0 Å². The van der Waals surface area contributed by atoms with Crippen molar-refractivity contribution in [2.45, 2.75) is 90.3 Å². The standard InChI is InChI=1S/C36H45N5O7S/c1-23(2)32(41-36(45)46-19-28-21-49-34(39-28)24(3)4)33(43)38-27(15-25-11-7-5-8-12-25)17-31(42)30(16-26-13-9-6-10-14-26)40-35(44)47-20-29-18-37-22-48-29/h5-14,18,21-24,27,30-32,42H,15-17,19-20H2,1-4H3,(H,38,43)(H,40,44)(H,41,45)/t27-,30-,31-,32-/m0/s1. The minimum absolute atomic E-state index is 0.0129. The molecule has 0 saturated heterocycles. The van der Waals surface area contributed by atoms with Gasteiger partial charge < -0.3 is 34.9 Å². The molecule has 262 valence electrons. The van der Waals surface area contributed by atoms with E-state index in [9.17, 15) is 19.5 Å². The molecule has 2 heterocycles. The molecule has 0 radical (unpaired) electrons. The first-order valence-corrected chi connectivity index (χ1v) is 17.2. The van der Waals surface area contributed by atoms with E-state index in [0.717, 1.165) is 16.1 Å². The van der Waals surface area contributed by atoms with Crippen LogP contribution in [0.5, 0.6) is 0 Å². The maximum Gasteiger partial charge on any atom is 0.408 e. The first-order valence-electron chi connectivity index (χ1n) is 16.3. The lowest BCUT2D eigenvalue weighted by atomic mass is 9.93. The maximum absolute atomic E-state index is 13.7. The van der Waals surface area contributed by atoms with Gasteiger partial charge in [0.2, 0.25) is 5.91 Å². The van der Waals surface area contributed by atoms with Crippen molar-refractivity contribution in [2.24, 2.45) is 5.92 Å². The number of nitrogens with zero attached hydrogens (tertiary/aromatic N) is 2. The molecule has 0 unspecified atom stereocenters. The molecule has 0 bridgehead atoms. The van der Waals surface area contributed by atoms with Crippen LogP contribution in [0, 0.1) is 5.92 Å². The van der Waals surface area contributed by atoms with Crippen LogP contribution in [0.25, 0.3) is 0 Å². The molecular weight excluding hydrogens is 646 g/mol. The summed E-state index contributed by atoms with van der Waals surface area (Å²) >= 11 is 1.51. The first kappa shape index (κ1) is 37.1. The molecular formula is C36H45N5O7S. The van der Waals surface area contributed by atoms with Gasteiger partial charge in [0.1, 0.15) is 12.6 Å². The average molecular weight is 692 g/mol. The van der Waals surface area contributed by atoms with Gasteiger partial charge in [-0.25, -0.2) is 19.6 Å². The molecule has 49 heavy (non-hydrogen) atoms. The first-order chi connectivity index (χ1) is 23.6. The van der Waals surface area contributed by atoms with Crippen molar-refractivity contribution in [3.8, 4) is 0 Å². The van der Waals surface area contributed by atoms with Gasteiger partial charge in [0.05, 0.1) is 29.0 Å². The molecule has 4 N–H and O–H groups in total. The predicted octanol–water partition coefficient (Wildman–Crippen LogP) is 5.52. The molecule has 12 nitrogen and oxygen atoms in total. The Balaban J connectivity index is 1.44. The van der Waals surface area contributed by atoms with Gasteiger partial charge in [-0.15, -0.1) is 11.3 Å². The summed E-state index contributed by atoms with van der Waals surface area (Å²) < 4.78 is 15.8. The average Bonchev–Trinajstić information content (AvgIpc) is 3.79. The van der Waals surface area contributed by atoms with Gasteiger partial charge in [0, 0.05) is 17.3 Å². The van der Waals surface area contributed by atoms with Crippen LogP contribution in [0.1, 0.15) is 67.6 Å². The molecule has 4 atom stereocenters. The Morgan fingerprint density at radius 1 is 0.857 bits per heavy atom. The molecule has 2 aromatic carbocycles. The molecule has 0 saturated carbocycles. The van der Waals surface area contributed by atoms with Gasteiger partial charge in [-0.2, -0.15) is 0 Å². The van der Waals surface area contributed by atoms with E-state index in [4.69, 9.17) is 13.9 Å². The molecule has 3 amide bonds. The zero-order chi connectivity index (χ0) is 35.2. The lowest BCUT2D eigenvalue weighted by molar-refractivity contribution is -0.125. The summed E-state index contributed by atoms with van der Waals surface area (Å²) in [6, 6.07) is 16.8. The third-order valence-electron chi connectivity index (χ3n) is 7.73. The summed E-state index contributed by atoms with van der Waals surface area (Å²) in [5.74, 6) is -0.0445. The highest BCUT2D eigenvalue weighted by molar-refractivity contribution is 7.09. The highest BCUT2D eigenvalue weighted by atomic mass is 32.1. The molecule has 2 aromatic heterocycles. The molecule has 0 fully saturated rings. The topological polar surface area (TPSA) is 165 Å². The van der Waals surface area contributed by atoms with Crippen LogP contribution >= 0.6 is 11.3 Å². The van der Waals surface area contributed by atoms with Gasteiger partial charge in [0.25, 0.3) is 0 Å². The van der Waals surface area contributed by atoms with E-state index in [0.29, 0.717) is 24.3 Å². The highest BCUT2D eigenvalue weighted by Gasteiger charge is 2.30. The van der Waals surface area contributed by atoms with Crippen LogP contribution in [0.4, 0.5) is 9.59 Å². The lowest BCUT2D eigenvalue weighted by Gasteiger charge is -2.30. The number of amides is 3. The van der Waals surface area contributed by atoms with Crippen molar-refractivity contribution >= 4 is 29.4 Å². The molecule has 0 aliphatic rings. The highest BCUT2D eigenvalue weighted by Crippen LogP contribution is 2.20. The Kier molecular flexibility index (Phi) is 14.2. The quantitative estimate of drug-likeness (QED) is 0.112. The Bertz CT molecular complexity index is 1580. The second kappa shape index (κ2) is 18.7. The zero-order valence-electron chi connectivity index (χ0n) is 28.2. The summed E-state index contributed by atoms with van der Waals surface area (Å²) in [7, 11) is 0. The van der Waals surface area contributed by atoms with Gasteiger partial charge in [-0.05, 0) is 36.3 Å². The van der Waals surface area contributed by atoms with E-state index < -0.39 is 42.3 Å².